The lowest BCUT2D eigenvalue weighted by atomic mass is 10.4. The minimum Gasteiger partial charge on any atom is -0.390 e. The molecule has 104 valence electrons. The van der Waals surface area contributed by atoms with Gasteiger partial charge >= 0.3 is 0 Å². The summed E-state index contributed by atoms with van der Waals surface area (Å²) >= 11 is 1.43. The van der Waals surface area contributed by atoms with Crippen molar-refractivity contribution in [2.24, 2.45) is 0 Å². The van der Waals surface area contributed by atoms with Crippen LogP contribution in [0.15, 0.2) is 5.16 Å². The maximum atomic E-state index is 9.55. The summed E-state index contributed by atoms with van der Waals surface area (Å²) in [4.78, 5) is 0. The van der Waals surface area contributed by atoms with Crippen LogP contribution < -0.4 is 5.32 Å². The average molecular weight is 275 g/mol. The Kier molecular flexibility index (Phi) is 7.18. The first-order chi connectivity index (χ1) is 8.63. The molecule has 0 aliphatic carbocycles. The topological polar surface area (TPSA) is 85.1 Å². The van der Waals surface area contributed by atoms with Gasteiger partial charge in [-0.2, -0.15) is 0 Å². The second kappa shape index (κ2) is 8.41. The van der Waals surface area contributed by atoms with Crippen LogP contribution in [0.25, 0.3) is 0 Å². The molecule has 1 aromatic rings. The first kappa shape index (κ1) is 15.4. The minimum absolute atomic E-state index is 0.323. The van der Waals surface area contributed by atoms with E-state index in [9.17, 15) is 5.11 Å². The molecule has 0 spiro atoms. The maximum absolute atomic E-state index is 9.55. The molecule has 1 rings (SSSR count). The zero-order valence-corrected chi connectivity index (χ0v) is 11.9. The number of nitrogens with one attached hydrogen (secondary N) is 1. The molecular weight excluding hydrogens is 254 g/mol. The fraction of sp³-hybridized carbons (Fsp3) is 0.900. The highest BCUT2D eigenvalue weighted by molar-refractivity contribution is 7.99. The number of aromatic nitrogens is 4. The number of aliphatic hydroxyl groups is 1. The third-order valence-corrected chi connectivity index (χ3v) is 3.24. The largest absolute Gasteiger partial charge is 0.390 e. The first-order valence-corrected chi connectivity index (χ1v) is 6.91. The number of hydrogen-bond acceptors (Lipinski definition) is 7. The number of ether oxygens (including phenoxy) is 1. The van der Waals surface area contributed by atoms with Crippen LogP contribution in [0.2, 0.25) is 0 Å². The summed E-state index contributed by atoms with van der Waals surface area (Å²) in [5.41, 5.74) is 0. The van der Waals surface area contributed by atoms with Crippen LogP contribution in [0.3, 0.4) is 0 Å². The van der Waals surface area contributed by atoms with E-state index in [4.69, 9.17) is 4.74 Å². The monoisotopic (exact) mass is 275 g/mol. The molecule has 18 heavy (non-hydrogen) atoms. The Labute approximate surface area is 111 Å². The molecule has 0 saturated carbocycles. The van der Waals surface area contributed by atoms with Gasteiger partial charge in [0.25, 0.3) is 0 Å². The highest BCUT2D eigenvalue weighted by Crippen LogP contribution is 2.14. The van der Waals surface area contributed by atoms with E-state index >= 15 is 0 Å². The highest BCUT2D eigenvalue weighted by Gasteiger charge is 2.10. The Bertz CT molecular complexity index is 334. The summed E-state index contributed by atoms with van der Waals surface area (Å²) in [6, 6.07) is 0.445. The van der Waals surface area contributed by atoms with Crippen molar-refractivity contribution in [1.29, 1.82) is 0 Å². The number of aliphatic hydroxyl groups excluding tert-OH is 1. The molecule has 8 heteroatoms. The quantitative estimate of drug-likeness (QED) is 0.602. The summed E-state index contributed by atoms with van der Waals surface area (Å²) in [5, 5.41) is 25.1. The summed E-state index contributed by atoms with van der Waals surface area (Å²) in [6.07, 6.45) is -0.501. The van der Waals surface area contributed by atoms with Gasteiger partial charge in [-0.05, 0) is 10.4 Å². The van der Waals surface area contributed by atoms with Crippen molar-refractivity contribution in [2.45, 2.75) is 37.7 Å². The van der Waals surface area contributed by atoms with E-state index in [-0.39, 0.29) is 0 Å². The van der Waals surface area contributed by atoms with E-state index in [0.717, 1.165) is 11.7 Å². The number of nitrogens with zero attached hydrogens (tertiary/aromatic N) is 4. The Morgan fingerprint density at radius 2 is 2.28 bits per heavy atom. The fourth-order valence-corrected chi connectivity index (χ4v) is 2.12. The number of hydrogen-bond donors (Lipinski definition) is 2. The Morgan fingerprint density at radius 3 is 2.94 bits per heavy atom. The molecule has 0 radical (unpaired) electrons. The molecule has 1 unspecified atom stereocenters. The summed E-state index contributed by atoms with van der Waals surface area (Å²) < 4.78 is 6.60. The van der Waals surface area contributed by atoms with Gasteiger partial charge in [0.2, 0.25) is 5.16 Å². The van der Waals surface area contributed by atoms with Crippen LogP contribution in [-0.2, 0) is 11.3 Å². The molecule has 0 bridgehead atoms. The zero-order chi connectivity index (χ0) is 13.4. The van der Waals surface area contributed by atoms with Gasteiger partial charge in [0, 0.05) is 25.4 Å². The van der Waals surface area contributed by atoms with Gasteiger partial charge in [0.15, 0.2) is 0 Å². The van der Waals surface area contributed by atoms with E-state index in [1.165, 1.54) is 11.8 Å². The normalized spacial score (nSPS) is 13.2. The summed E-state index contributed by atoms with van der Waals surface area (Å²) in [5.74, 6) is 0.520. The predicted molar refractivity (Wildman–Crippen MR) is 69.6 cm³/mol. The maximum Gasteiger partial charge on any atom is 0.209 e. The number of tetrazole rings is 1. The van der Waals surface area contributed by atoms with Gasteiger partial charge in [-0.1, -0.05) is 25.6 Å². The van der Waals surface area contributed by atoms with Crippen molar-refractivity contribution < 1.29 is 9.84 Å². The van der Waals surface area contributed by atoms with Crippen LogP contribution in [0.5, 0.6) is 0 Å². The SMILES string of the molecule is COCC(O)CSc1nnnn1CCNC(C)C. The van der Waals surface area contributed by atoms with Crippen molar-refractivity contribution in [3.05, 3.63) is 0 Å². The zero-order valence-electron chi connectivity index (χ0n) is 11.0. The average Bonchev–Trinajstić information content (AvgIpc) is 2.74. The lowest BCUT2D eigenvalue weighted by molar-refractivity contribution is 0.0793. The van der Waals surface area contributed by atoms with Gasteiger partial charge in [-0.25, -0.2) is 4.68 Å². The number of methoxy groups -OCH3 is 1. The van der Waals surface area contributed by atoms with Crippen molar-refractivity contribution in [3.8, 4) is 0 Å². The van der Waals surface area contributed by atoms with Crippen molar-refractivity contribution in [3.63, 3.8) is 0 Å². The summed E-state index contributed by atoms with van der Waals surface area (Å²) in [6.45, 7) is 6.04. The predicted octanol–water partition coefficient (Wildman–Crippen LogP) is -0.229. The molecule has 1 atom stereocenters. The lowest BCUT2D eigenvalue weighted by Crippen LogP contribution is -2.27. The second-order valence-corrected chi connectivity index (χ2v) is 5.20. The van der Waals surface area contributed by atoms with Crippen molar-refractivity contribution >= 4 is 11.8 Å². The molecule has 0 fully saturated rings. The number of thioether (sulfide) groups is 1. The molecule has 7 nitrogen and oxygen atoms in total. The van der Waals surface area contributed by atoms with Crippen LogP contribution in [-0.4, -0.2) is 63.5 Å². The Morgan fingerprint density at radius 1 is 1.50 bits per heavy atom. The molecule has 0 amide bonds. The van der Waals surface area contributed by atoms with Gasteiger partial charge in [0.1, 0.15) is 0 Å². The molecule has 0 aliphatic heterocycles. The highest BCUT2D eigenvalue weighted by atomic mass is 32.2. The minimum atomic E-state index is -0.501. The molecule has 0 saturated heterocycles. The molecular formula is C10H21N5O2S. The van der Waals surface area contributed by atoms with Crippen molar-refractivity contribution in [2.75, 3.05) is 26.0 Å². The van der Waals surface area contributed by atoms with Gasteiger partial charge in [-0.3, -0.25) is 0 Å². The first-order valence-electron chi connectivity index (χ1n) is 5.92. The molecule has 0 aliphatic rings. The van der Waals surface area contributed by atoms with E-state index in [1.54, 1.807) is 11.8 Å². The smallest absolute Gasteiger partial charge is 0.209 e. The molecule has 1 heterocycles. The van der Waals surface area contributed by atoms with Crippen LogP contribution in [0, 0.1) is 0 Å². The third-order valence-electron chi connectivity index (χ3n) is 2.14. The second-order valence-electron chi connectivity index (χ2n) is 4.21. The van der Waals surface area contributed by atoms with E-state index < -0.39 is 6.10 Å². The van der Waals surface area contributed by atoms with Gasteiger partial charge in [-0.15, -0.1) is 5.10 Å². The van der Waals surface area contributed by atoms with Gasteiger partial charge < -0.3 is 15.2 Å². The van der Waals surface area contributed by atoms with E-state index in [1.807, 2.05) is 0 Å². The van der Waals surface area contributed by atoms with Crippen LogP contribution in [0.1, 0.15) is 13.8 Å². The van der Waals surface area contributed by atoms with Crippen LogP contribution >= 0.6 is 11.8 Å². The Hall–Kier alpha value is -0.700. The Balaban J connectivity index is 2.35. The standard InChI is InChI=1S/C10H21N5O2S/c1-8(2)11-4-5-15-10(12-13-14-15)18-7-9(16)6-17-3/h8-9,11,16H,4-7H2,1-3H3. The lowest BCUT2D eigenvalue weighted by Gasteiger charge is -2.10. The van der Waals surface area contributed by atoms with Gasteiger partial charge in [0.05, 0.1) is 19.3 Å². The number of rotatable bonds is 9. The van der Waals surface area contributed by atoms with E-state index in [2.05, 4.69) is 34.7 Å². The fourth-order valence-electron chi connectivity index (χ4n) is 1.31. The summed E-state index contributed by atoms with van der Waals surface area (Å²) in [7, 11) is 1.57. The molecule has 2 N–H and O–H groups in total. The van der Waals surface area contributed by atoms with E-state index in [0.29, 0.717) is 24.9 Å². The third kappa shape index (κ3) is 5.76. The molecule has 0 aromatic carbocycles. The molecule has 1 aromatic heterocycles. The van der Waals surface area contributed by atoms with Crippen LogP contribution in [0.4, 0.5) is 0 Å². The van der Waals surface area contributed by atoms with Crippen molar-refractivity contribution in [1.82, 2.24) is 25.5 Å².